The number of hydrazine groups is 1. The van der Waals surface area contributed by atoms with Crippen LogP contribution in [0.1, 0.15) is 136 Å². The molecule has 0 aromatic heterocycles. The summed E-state index contributed by atoms with van der Waals surface area (Å²) in [4.78, 5) is 24.1. The van der Waals surface area contributed by atoms with Gasteiger partial charge in [0.25, 0.3) is 5.91 Å². The Morgan fingerprint density at radius 2 is 1.16 bits per heavy atom. The van der Waals surface area contributed by atoms with Crippen molar-refractivity contribution in [3.63, 3.8) is 0 Å². The summed E-state index contributed by atoms with van der Waals surface area (Å²) in [5.74, 6) is -0.558. The third-order valence-corrected chi connectivity index (χ3v) is 5.85. The van der Waals surface area contributed by atoms with Gasteiger partial charge < -0.3 is 0 Å². The topological polar surface area (TPSA) is 49.4 Å². The minimum absolute atomic E-state index is 0.0636. The number of hydrogen-bond acceptors (Lipinski definition) is 2. The molecule has 0 aromatic carbocycles. The van der Waals surface area contributed by atoms with E-state index in [9.17, 15) is 9.59 Å². The second-order valence-electron chi connectivity index (χ2n) is 8.66. The highest BCUT2D eigenvalue weighted by Gasteiger charge is 2.12. The van der Waals surface area contributed by atoms with E-state index in [0.29, 0.717) is 6.42 Å². The fourth-order valence-corrected chi connectivity index (χ4v) is 3.69. The number of alkyl halides is 1. The number of hydrogen-bond donors (Lipinski definition) is 1. The van der Waals surface area contributed by atoms with Crippen molar-refractivity contribution in [2.24, 2.45) is 0 Å². The van der Waals surface area contributed by atoms with E-state index in [4.69, 9.17) is 11.6 Å². The Bertz CT molecular complexity index is 455. The molecule has 0 fully saturated rings. The second kappa shape index (κ2) is 23.6. The number of unbranched alkanes of at least 4 members (excludes halogenated alkanes) is 16. The van der Waals surface area contributed by atoms with Gasteiger partial charge in [-0.2, -0.15) is 0 Å². The van der Waals surface area contributed by atoms with Gasteiger partial charge in [0.15, 0.2) is 0 Å². The van der Waals surface area contributed by atoms with Gasteiger partial charge in [-0.25, -0.2) is 5.01 Å². The molecule has 0 rings (SSSR count). The second-order valence-corrected chi connectivity index (χ2v) is 8.93. The number of nitrogens with one attached hydrogen (secondary N) is 1. The molecule has 0 aliphatic rings. The molecule has 4 nitrogen and oxygen atoms in total. The molecule has 0 radical (unpaired) electrons. The largest absolute Gasteiger partial charge is 0.273 e. The van der Waals surface area contributed by atoms with Gasteiger partial charge in [0.1, 0.15) is 5.88 Å². The molecule has 0 atom stereocenters. The number of nitrogens with zero attached hydrogens (tertiary/aromatic N) is 1. The van der Waals surface area contributed by atoms with Gasteiger partial charge in [-0.1, -0.05) is 116 Å². The quantitative estimate of drug-likeness (QED) is 0.108. The van der Waals surface area contributed by atoms with E-state index in [-0.39, 0.29) is 17.7 Å². The molecule has 1 N–H and O–H groups in total. The van der Waals surface area contributed by atoms with Crippen LogP contribution in [0.5, 0.6) is 0 Å². The van der Waals surface area contributed by atoms with E-state index in [2.05, 4.69) is 19.3 Å². The maximum absolute atomic E-state index is 12.5. The molecular formula is C26H49ClN2O2. The van der Waals surface area contributed by atoms with E-state index >= 15 is 0 Å². The first-order chi connectivity index (χ1) is 15.2. The molecule has 0 aliphatic heterocycles. The van der Waals surface area contributed by atoms with Crippen molar-refractivity contribution in [2.45, 2.75) is 136 Å². The van der Waals surface area contributed by atoms with Crippen LogP contribution >= 0.6 is 11.6 Å². The monoisotopic (exact) mass is 456 g/mol. The molecule has 0 aliphatic carbocycles. The fraction of sp³-hybridized carbons (Fsp3) is 0.846. The van der Waals surface area contributed by atoms with Gasteiger partial charge in [0.2, 0.25) is 5.91 Å². The van der Waals surface area contributed by atoms with Crippen molar-refractivity contribution < 1.29 is 9.59 Å². The number of halogens is 1. The third-order valence-electron chi connectivity index (χ3n) is 5.61. The Kier molecular flexibility index (Phi) is 22.8. The number of carbonyl (C=O) groups is 2. The lowest BCUT2D eigenvalue weighted by Crippen LogP contribution is -2.43. The van der Waals surface area contributed by atoms with Crippen molar-refractivity contribution in [3.05, 3.63) is 12.3 Å². The molecule has 5 heteroatoms. The predicted molar refractivity (Wildman–Crippen MR) is 134 cm³/mol. The summed E-state index contributed by atoms with van der Waals surface area (Å²) in [6.45, 7) is 4.47. The van der Waals surface area contributed by atoms with Gasteiger partial charge in [0.05, 0.1) is 0 Å². The zero-order valence-electron chi connectivity index (χ0n) is 20.4. The molecular weight excluding hydrogens is 408 g/mol. The normalized spacial score (nSPS) is 11.2. The highest BCUT2D eigenvalue weighted by molar-refractivity contribution is 6.27. The highest BCUT2D eigenvalue weighted by Crippen LogP contribution is 2.12. The highest BCUT2D eigenvalue weighted by atomic mass is 35.5. The summed E-state index contributed by atoms with van der Waals surface area (Å²) < 4.78 is 0. The number of allylic oxidation sites excluding steroid dienone is 1. The van der Waals surface area contributed by atoms with Crippen molar-refractivity contribution in [1.82, 2.24) is 10.4 Å². The van der Waals surface area contributed by atoms with Gasteiger partial charge >= 0.3 is 0 Å². The van der Waals surface area contributed by atoms with Crippen molar-refractivity contribution in [3.8, 4) is 0 Å². The maximum atomic E-state index is 12.5. The number of rotatable bonds is 21. The number of amides is 2. The van der Waals surface area contributed by atoms with Crippen LogP contribution in [0.2, 0.25) is 0 Å². The van der Waals surface area contributed by atoms with Gasteiger partial charge in [-0.15, -0.1) is 11.6 Å². The lowest BCUT2D eigenvalue weighted by atomic mass is 10.1. The van der Waals surface area contributed by atoms with Crippen LogP contribution in [0.25, 0.3) is 0 Å². The van der Waals surface area contributed by atoms with Crippen LogP contribution in [-0.4, -0.2) is 22.7 Å². The molecule has 0 spiro atoms. The molecule has 0 aromatic rings. The van der Waals surface area contributed by atoms with E-state index in [0.717, 1.165) is 25.7 Å². The van der Waals surface area contributed by atoms with E-state index in [1.807, 2.05) is 6.08 Å². The smallest absolute Gasteiger partial charge is 0.253 e. The van der Waals surface area contributed by atoms with Crippen molar-refractivity contribution in [2.75, 3.05) is 5.88 Å². The standard InChI is InChI=1S/C26H49ClN2O2/c1-3-5-7-9-11-12-13-14-15-17-19-21-23-29(28-25(30)24-27)26(31)22-20-18-16-10-8-6-4-2/h21,23H,3-20,22,24H2,1-2H3,(H,28,30)/b23-21-. The van der Waals surface area contributed by atoms with Gasteiger partial charge in [0, 0.05) is 12.6 Å². The molecule has 0 bridgehead atoms. The predicted octanol–water partition coefficient (Wildman–Crippen LogP) is 8.05. The van der Waals surface area contributed by atoms with E-state index < -0.39 is 0 Å². The Hall–Kier alpha value is -1.03. The summed E-state index contributed by atoms with van der Waals surface area (Å²) in [6.07, 6.45) is 26.4. The third kappa shape index (κ3) is 20.6. The summed E-state index contributed by atoms with van der Waals surface area (Å²) in [6, 6.07) is 0. The van der Waals surface area contributed by atoms with Crippen molar-refractivity contribution >= 4 is 23.4 Å². The SMILES string of the molecule is CCCCCCCCCCCC/C=C\N(NC(=O)CCl)C(=O)CCCCCCCCC. The van der Waals surface area contributed by atoms with Crippen LogP contribution in [0.4, 0.5) is 0 Å². The first-order valence-electron chi connectivity index (χ1n) is 13.0. The Labute approximate surface area is 197 Å². The minimum Gasteiger partial charge on any atom is -0.273 e. The van der Waals surface area contributed by atoms with Crippen molar-refractivity contribution in [1.29, 1.82) is 0 Å². The number of carbonyl (C=O) groups excluding carboxylic acids is 2. The van der Waals surface area contributed by atoms with Gasteiger partial charge in [-0.05, 0) is 19.3 Å². The molecule has 0 unspecified atom stereocenters. The maximum Gasteiger partial charge on any atom is 0.253 e. The molecule has 182 valence electrons. The fourth-order valence-electron chi connectivity index (χ4n) is 3.63. The Balaban J connectivity index is 3.98. The molecule has 2 amide bonds. The molecule has 0 heterocycles. The van der Waals surface area contributed by atoms with Crippen LogP contribution in [0.3, 0.4) is 0 Å². The lowest BCUT2D eigenvalue weighted by Gasteiger charge is -2.19. The first-order valence-corrected chi connectivity index (χ1v) is 13.5. The van der Waals surface area contributed by atoms with Crippen LogP contribution in [-0.2, 0) is 9.59 Å². The average Bonchev–Trinajstić information content (AvgIpc) is 2.78. The van der Waals surface area contributed by atoms with Gasteiger partial charge in [-0.3, -0.25) is 15.0 Å². The van der Waals surface area contributed by atoms with Crippen LogP contribution in [0.15, 0.2) is 12.3 Å². The lowest BCUT2D eigenvalue weighted by molar-refractivity contribution is -0.137. The summed E-state index contributed by atoms with van der Waals surface area (Å²) in [5.41, 5.74) is 2.60. The average molecular weight is 457 g/mol. The Morgan fingerprint density at radius 1 is 0.710 bits per heavy atom. The van der Waals surface area contributed by atoms with E-state index in [1.165, 1.54) is 94.9 Å². The van der Waals surface area contributed by atoms with Crippen LogP contribution < -0.4 is 5.43 Å². The molecule has 0 saturated heterocycles. The molecule has 31 heavy (non-hydrogen) atoms. The van der Waals surface area contributed by atoms with E-state index in [1.54, 1.807) is 6.20 Å². The summed E-state index contributed by atoms with van der Waals surface area (Å²) in [7, 11) is 0. The zero-order valence-corrected chi connectivity index (χ0v) is 21.2. The van der Waals surface area contributed by atoms with Crippen LogP contribution in [0, 0.1) is 0 Å². The minimum atomic E-state index is -0.349. The zero-order chi connectivity index (χ0) is 23.0. The summed E-state index contributed by atoms with van der Waals surface area (Å²) >= 11 is 5.59. The Morgan fingerprint density at radius 3 is 1.65 bits per heavy atom. The first kappa shape index (κ1) is 30.0. The summed E-state index contributed by atoms with van der Waals surface area (Å²) in [5, 5.41) is 1.33. The molecule has 0 saturated carbocycles.